The van der Waals surface area contributed by atoms with Gasteiger partial charge >= 0.3 is 0 Å². The molecule has 1 N–H and O–H groups in total. The first kappa shape index (κ1) is 16.8. The third-order valence-electron chi connectivity index (χ3n) is 4.29. The highest BCUT2D eigenvalue weighted by atomic mass is 16.3. The molecule has 0 spiro atoms. The molecule has 25 heavy (non-hydrogen) atoms. The molecule has 1 amide bonds. The minimum atomic E-state index is -0.443. The Morgan fingerprint density at radius 1 is 1.12 bits per heavy atom. The number of hydrogen-bond donors (Lipinski definition) is 1. The smallest absolute Gasteiger partial charge is 0.266 e. The monoisotopic (exact) mass is 335 g/mol. The average Bonchev–Trinajstić information content (AvgIpc) is 3.00. The van der Waals surface area contributed by atoms with Crippen LogP contribution in [0.4, 0.5) is 11.4 Å². The predicted molar refractivity (Wildman–Crippen MR) is 98.1 cm³/mol. The largest absolute Gasteiger partial charge is 0.465 e. The van der Waals surface area contributed by atoms with Crippen LogP contribution >= 0.6 is 0 Å². The molecule has 1 aliphatic rings. The van der Waals surface area contributed by atoms with Gasteiger partial charge in [0.25, 0.3) is 5.91 Å². The molecular formula is C20H21N3O2. The Morgan fingerprint density at radius 2 is 1.84 bits per heavy atom. The van der Waals surface area contributed by atoms with Crippen molar-refractivity contribution in [1.82, 2.24) is 0 Å². The second-order valence-corrected chi connectivity index (χ2v) is 6.09. The van der Waals surface area contributed by atoms with Crippen LogP contribution in [-0.2, 0) is 4.79 Å². The molecule has 1 fully saturated rings. The van der Waals surface area contributed by atoms with Crippen molar-refractivity contribution in [3.63, 3.8) is 0 Å². The summed E-state index contributed by atoms with van der Waals surface area (Å²) in [6.45, 7) is 2.16. The lowest BCUT2D eigenvalue weighted by Crippen LogP contribution is -2.23. The van der Waals surface area contributed by atoms with E-state index in [-0.39, 0.29) is 5.57 Å². The van der Waals surface area contributed by atoms with Gasteiger partial charge in [0, 0.05) is 30.5 Å². The van der Waals surface area contributed by atoms with E-state index < -0.39 is 5.91 Å². The van der Waals surface area contributed by atoms with Gasteiger partial charge in [-0.1, -0.05) is 12.8 Å². The molecule has 3 rings (SSSR count). The Balaban J connectivity index is 1.66. The Labute approximate surface area is 147 Å². The summed E-state index contributed by atoms with van der Waals surface area (Å²) in [6.07, 6.45) is 7.97. The molecule has 1 aromatic heterocycles. The number of benzene rings is 1. The van der Waals surface area contributed by atoms with Crippen LogP contribution in [-0.4, -0.2) is 19.0 Å². The first-order valence-corrected chi connectivity index (χ1v) is 8.58. The van der Waals surface area contributed by atoms with Gasteiger partial charge in [-0.15, -0.1) is 0 Å². The molecule has 2 aromatic rings. The maximum atomic E-state index is 12.2. The van der Waals surface area contributed by atoms with Crippen molar-refractivity contribution in [2.24, 2.45) is 0 Å². The summed E-state index contributed by atoms with van der Waals surface area (Å²) >= 11 is 0. The summed E-state index contributed by atoms with van der Waals surface area (Å²) in [5, 5.41) is 11.9. The molecule has 5 heteroatoms. The molecular weight excluding hydrogens is 314 g/mol. The van der Waals surface area contributed by atoms with E-state index in [0.717, 1.165) is 13.1 Å². The van der Waals surface area contributed by atoms with E-state index >= 15 is 0 Å². The van der Waals surface area contributed by atoms with Gasteiger partial charge in [0.2, 0.25) is 0 Å². The fourth-order valence-corrected chi connectivity index (χ4v) is 2.95. The lowest BCUT2D eigenvalue weighted by Gasteiger charge is -2.22. The minimum Gasteiger partial charge on any atom is -0.465 e. The molecule has 0 saturated carbocycles. The van der Waals surface area contributed by atoms with Crippen molar-refractivity contribution >= 4 is 23.4 Å². The zero-order chi connectivity index (χ0) is 17.5. The van der Waals surface area contributed by atoms with Crippen LogP contribution in [0.25, 0.3) is 6.08 Å². The second-order valence-electron chi connectivity index (χ2n) is 6.09. The Kier molecular flexibility index (Phi) is 5.53. The van der Waals surface area contributed by atoms with E-state index in [0.29, 0.717) is 11.4 Å². The average molecular weight is 335 g/mol. The zero-order valence-electron chi connectivity index (χ0n) is 14.1. The highest BCUT2D eigenvalue weighted by Crippen LogP contribution is 2.22. The molecule has 0 bridgehead atoms. The second kappa shape index (κ2) is 8.20. The molecule has 5 nitrogen and oxygen atoms in total. The minimum absolute atomic E-state index is 0.00606. The van der Waals surface area contributed by atoms with E-state index in [4.69, 9.17) is 4.42 Å². The van der Waals surface area contributed by atoms with Crippen LogP contribution in [0.1, 0.15) is 31.4 Å². The van der Waals surface area contributed by atoms with Crippen molar-refractivity contribution in [1.29, 1.82) is 5.26 Å². The summed E-state index contributed by atoms with van der Waals surface area (Å²) in [6, 6.07) is 13.1. The van der Waals surface area contributed by atoms with Crippen LogP contribution in [0, 0.1) is 11.3 Å². The summed E-state index contributed by atoms with van der Waals surface area (Å²) in [5.74, 6) is 0.0321. The van der Waals surface area contributed by atoms with E-state index in [9.17, 15) is 10.1 Å². The summed E-state index contributed by atoms with van der Waals surface area (Å²) in [7, 11) is 0. The van der Waals surface area contributed by atoms with E-state index in [1.54, 1.807) is 12.1 Å². The van der Waals surface area contributed by atoms with Gasteiger partial charge in [0.05, 0.1) is 6.26 Å². The van der Waals surface area contributed by atoms with Crippen molar-refractivity contribution < 1.29 is 9.21 Å². The van der Waals surface area contributed by atoms with Crippen LogP contribution in [0.15, 0.2) is 52.7 Å². The lowest BCUT2D eigenvalue weighted by molar-refractivity contribution is -0.112. The maximum Gasteiger partial charge on any atom is 0.266 e. The van der Waals surface area contributed by atoms with Gasteiger partial charge in [0.1, 0.15) is 17.4 Å². The normalized spacial score (nSPS) is 15.3. The quantitative estimate of drug-likeness (QED) is 0.671. The number of furan rings is 1. The van der Waals surface area contributed by atoms with Crippen molar-refractivity contribution in [3.05, 3.63) is 54.0 Å². The van der Waals surface area contributed by atoms with E-state index in [1.165, 1.54) is 43.7 Å². The zero-order valence-corrected chi connectivity index (χ0v) is 14.1. The van der Waals surface area contributed by atoms with Gasteiger partial charge < -0.3 is 14.6 Å². The summed E-state index contributed by atoms with van der Waals surface area (Å²) < 4.78 is 5.15. The maximum absolute atomic E-state index is 12.2. The summed E-state index contributed by atoms with van der Waals surface area (Å²) in [5.41, 5.74) is 1.85. The molecule has 0 aliphatic carbocycles. The number of anilines is 2. The number of hydrogen-bond acceptors (Lipinski definition) is 4. The van der Waals surface area contributed by atoms with Crippen molar-refractivity contribution in [2.75, 3.05) is 23.3 Å². The molecule has 2 heterocycles. The number of amides is 1. The fraction of sp³-hybridized carbons (Fsp3) is 0.300. The van der Waals surface area contributed by atoms with Gasteiger partial charge in [-0.3, -0.25) is 4.79 Å². The summed E-state index contributed by atoms with van der Waals surface area (Å²) in [4.78, 5) is 14.6. The third kappa shape index (κ3) is 4.51. The Hall–Kier alpha value is -3.00. The SMILES string of the molecule is N#C/C(=C/c1ccco1)C(=O)Nc1ccc(N2CCCCCC2)cc1. The number of nitriles is 1. The van der Waals surface area contributed by atoms with Gasteiger partial charge in [-0.05, 0) is 49.2 Å². The number of nitrogens with zero attached hydrogens (tertiary/aromatic N) is 2. The molecule has 0 radical (unpaired) electrons. The predicted octanol–water partition coefficient (Wildman–Crippen LogP) is 4.21. The van der Waals surface area contributed by atoms with Crippen LogP contribution in [0.5, 0.6) is 0 Å². The number of carbonyl (C=O) groups is 1. The molecule has 1 saturated heterocycles. The molecule has 128 valence electrons. The van der Waals surface area contributed by atoms with Crippen molar-refractivity contribution in [2.45, 2.75) is 25.7 Å². The molecule has 1 aliphatic heterocycles. The lowest BCUT2D eigenvalue weighted by atomic mass is 10.2. The highest BCUT2D eigenvalue weighted by Gasteiger charge is 2.12. The van der Waals surface area contributed by atoms with Crippen LogP contribution in [0.2, 0.25) is 0 Å². The molecule has 0 unspecified atom stereocenters. The van der Waals surface area contributed by atoms with Gasteiger partial charge in [0.15, 0.2) is 0 Å². The van der Waals surface area contributed by atoms with E-state index in [2.05, 4.69) is 10.2 Å². The Morgan fingerprint density at radius 3 is 2.44 bits per heavy atom. The van der Waals surface area contributed by atoms with Crippen LogP contribution in [0.3, 0.4) is 0 Å². The number of carbonyl (C=O) groups excluding carboxylic acids is 1. The molecule has 0 atom stereocenters. The molecule has 1 aromatic carbocycles. The highest BCUT2D eigenvalue weighted by molar-refractivity contribution is 6.09. The standard InChI is InChI=1S/C20H21N3O2/c21-15-16(14-19-6-5-13-25-19)20(24)22-17-7-9-18(10-8-17)23-11-3-1-2-4-12-23/h5-10,13-14H,1-4,11-12H2,(H,22,24)/b16-14-. The number of nitrogens with one attached hydrogen (secondary N) is 1. The fourth-order valence-electron chi connectivity index (χ4n) is 2.95. The number of rotatable bonds is 4. The Bertz CT molecular complexity index is 762. The van der Waals surface area contributed by atoms with Gasteiger partial charge in [-0.2, -0.15) is 5.26 Å². The van der Waals surface area contributed by atoms with E-state index in [1.807, 2.05) is 30.3 Å². The third-order valence-corrected chi connectivity index (χ3v) is 4.29. The first-order valence-electron chi connectivity index (χ1n) is 8.58. The van der Waals surface area contributed by atoms with Crippen LogP contribution < -0.4 is 10.2 Å². The first-order chi connectivity index (χ1) is 12.3. The van der Waals surface area contributed by atoms with Gasteiger partial charge in [-0.25, -0.2) is 0 Å². The topological polar surface area (TPSA) is 69.3 Å². The van der Waals surface area contributed by atoms with Crippen molar-refractivity contribution in [3.8, 4) is 6.07 Å².